The van der Waals surface area contributed by atoms with Crippen molar-refractivity contribution in [1.29, 1.82) is 0 Å². The van der Waals surface area contributed by atoms with E-state index in [0.29, 0.717) is 5.92 Å². The second-order valence-electron chi connectivity index (χ2n) is 3.82. The first-order chi connectivity index (χ1) is 6.70. The summed E-state index contributed by atoms with van der Waals surface area (Å²) in [5.41, 5.74) is 1.32. The van der Waals surface area contributed by atoms with Gasteiger partial charge in [-0.1, -0.05) is 34.8 Å². The number of fused-ring (bicyclic) bond motifs is 1. The third kappa shape index (κ3) is 2.69. The molecule has 0 aliphatic carbocycles. The smallest absolute Gasteiger partial charge is 0.238 e. The summed E-state index contributed by atoms with van der Waals surface area (Å²) in [6.45, 7) is 6.32. The van der Waals surface area contributed by atoms with E-state index in [2.05, 4.69) is 26.0 Å². The summed E-state index contributed by atoms with van der Waals surface area (Å²) in [6.07, 6.45) is 1.01. The molecule has 2 atom stereocenters. The molecule has 1 aliphatic rings. The van der Waals surface area contributed by atoms with Crippen LogP contribution < -0.4 is 9.47 Å². The Morgan fingerprint density at radius 2 is 1.81 bits per heavy atom. The van der Waals surface area contributed by atoms with Crippen LogP contribution in [0.2, 0.25) is 0 Å². The van der Waals surface area contributed by atoms with Crippen LogP contribution in [0.25, 0.3) is 0 Å². The minimum absolute atomic E-state index is 0. The highest BCUT2D eigenvalue weighted by Gasteiger charge is 2.20. The lowest BCUT2D eigenvalue weighted by Crippen LogP contribution is -2.11. The summed E-state index contributed by atoms with van der Waals surface area (Å²) < 4.78 is 11.0. The van der Waals surface area contributed by atoms with Crippen LogP contribution in [0, 0.1) is 0 Å². The molecule has 0 spiro atoms. The normalized spacial score (nSPS) is 18.3. The molecule has 2 rings (SSSR count). The molecule has 0 bridgehead atoms. The molecule has 0 aromatic heterocycles. The molecule has 2 nitrogen and oxygen atoms in total. The fourth-order valence-electron chi connectivity index (χ4n) is 1.64. The quantitative estimate of drug-likeness (QED) is 0.731. The van der Waals surface area contributed by atoms with Gasteiger partial charge >= 0.3 is 0 Å². The summed E-state index contributed by atoms with van der Waals surface area (Å²) >= 11 is 0. The third-order valence-corrected chi connectivity index (χ3v) is 2.74. The van der Waals surface area contributed by atoms with Crippen LogP contribution in [0.5, 0.6) is 11.5 Å². The molecule has 1 aromatic rings. The Hall–Kier alpha value is -1.18. The monoisotopic (exact) mass is 224 g/mol. The summed E-state index contributed by atoms with van der Waals surface area (Å²) in [4.78, 5) is 0. The van der Waals surface area contributed by atoms with Gasteiger partial charge in [0.1, 0.15) is 0 Å². The molecule has 1 aliphatic heterocycles. The molecule has 2 unspecified atom stereocenters. The van der Waals surface area contributed by atoms with E-state index in [9.17, 15) is 0 Å². The SMILES string of the molecule is C.C.CCC(C)c1ccc2c(c1)OC(C)O2. The Kier molecular flexibility index (Phi) is 5.36. The molecule has 1 heterocycles. The second-order valence-corrected chi connectivity index (χ2v) is 3.82. The zero-order valence-corrected chi connectivity index (χ0v) is 8.91. The standard InChI is InChI=1S/C12H16O2.2CH4/c1-4-8(2)10-5-6-11-12(7-10)14-9(3)13-11;;/h5-9H,4H2,1-3H3;2*1H4. The van der Waals surface area contributed by atoms with Gasteiger partial charge in [0, 0.05) is 6.92 Å². The Morgan fingerprint density at radius 3 is 2.44 bits per heavy atom. The van der Waals surface area contributed by atoms with Crippen molar-refractivity contribution >= 4 is 0 Å². The molecule has 0 saturated carbocycles. The highest BCUT2D eigenvalue weighted by molar-refractivity contribution is 5.45. The van der Waals surface area contributed by atoms with Gasteiger partial charge < -0.3 is 9.47 Å². The van der Waals surface area contributed by atoms with Crippen LogP contribution in [-0.4, -0.2) is 6.29 Å². The van der Waals surface area contributed by atoms with Crippen molar-refractivity contribution in [2.45, 2.75) is 54.3 Å². The van der Waals surface area contributed by atoms with Gasteiger partial charge in [0.15, 0.2) is 11.5 Å². The first-order valence-corrected chi connectivity index (χ1v) is 5.18. The largest absolute Gasteiger partial charge is 0.451 e. The number of hydrogen-bond donors (Lipinski definition) is 0. The van der Waals surface area contributed by atoms with E-state index in [1.165, 1.54) is 5.56 Å². The van der Waals surface area contributed by atoms with Gasteiger partial charge in [-0.25, -0.2) is 0 Å². The van der Waals surface area contributed by atoms with E-state index in [1.54, 1.807) is 0 Å². The van der Waals surface area contributed by atoms with Crippen LogP contribution in [0.1, 0.15) is 53.5 Å². The molecule has 1 aromatic carbocycles. The van der Waals surface area contributed by atoms with Gasteiger partial charge in [0.2, 0.25) is 6.29 Å². The fourth-order valence-corrected chi connectivity index (χ4v) is 1.64. The van der Waals surface area contributed by atoms with E-state index in [0.717, 1.165) is 17.9 Å². The molecule has 16 heavy (non-hydrogen) atoms. The van der Waals surface area contributed by atoms with Crippen molar-refractivity contribution < 1.29 is 9.47 Å². The lowest BCUT2D eigenvalue weighted by Gasteiger charge is -2.08. The molecule has 0 radical (unpaired) electrons. The average molecular weight is 224 g/mol. The maximum Gasteiger partial charge on any atom is 0.238 e. The Balaban J connectivity index is 0.00000112. The highest BCUT2D eigenvalue weighted by Crippen LogP contribution is 2.37. The van der Waals surface area contributed by atoms with Gasteiger partial charge in [-0.2, -0.15) is 0 Å². The zero-order chi connectivity index (χ0) is 10.1. The maximum atomic E-state index is 5.52. The molecule has 0 amide bonds. The lowest BCUT2D eigenvalue weighted by atomic mass is 9.98. The number of benzene rings is 1. The van der Waals surface area contributed by atoms with Crippen LogP contribution in [0.4, 0.5) is 0 Å². The maximum absolute atomic E-state index is 5.52. The predicted molar refractivity (Wildman–Crippen MR) is 69.3 cm³/mol. The molecule has 0 saturated heterocycles. The van der Waals surface area contributed by atoms with Gasteiger partial charge in [-0.3, -0.25) is 0 Å². The van der Waals surface area contributed by atoms with Crippen LogP contribution in [0.15, 0.2) is 18.2 Å². The van der Waals surface area contributed by atoms with E-state index in [1.807, 2.05) is 13.0 Å². The summed E-state index contributed by atoms with van der Waals surface area (Å²) in [6, 6.07) is 6.21. The van der Waals surface area contributed by atoms with E-state index < -0.39 is 0 Å². The van der Waals surface area contributed by atoms with Gasteiger partial charge in [0.05, 0.1) is 0 Å². The van der Waals surface area contributed by atoms with Crippen molar-refractivity contribution in [3.63, 3.8) is 0 Å². The summed E-state index contributed by atoms with van der Waals surface area (Å²) in [5.74, 6) is 2.33. The van der Waals surface area contributed by atoms with Crippen molar-refractivity contribution in [3.05, 3.63) is 23.8 Å². The Bertz CT molecular complexity index is 334. The first-order valence-electron chi connectivity index (χ1n) is 5.18. The van der Waals surface area contributed by atoms with E-state index in [-0.39, 0.29) is 21.1 Å². The van der Waals surface area contributed by atoms with Crippen molar-refractivity contribution in [1.82, 2.24) is 0 Å². The van der Waals surface area contributed by atoms with Gasteiger partial charge in [-0.05, 0) is 30.0 Å². The van der Waals surface area contributed by atoms with Crippen LogP contribution in [0.3, 0.4) is 0 Å². The molecule has 0 fully saturated rings. The average Bonchev–Trinajstić information content (AvgIpc) is 2.55. The van der Waals surface area contributed by atoms with Crippen molar-refractivity contribution in [2.75, 3.05) is 0 Å². The third-order valence-electron chi connectivity index (χ3n) is 2.74. The molecule has 2 heteroatoms. The lowest BCUT2D eigenvalue weighted by molar-refractivity contribution is 0.0678. The van der Waals surface area contributed by atoms with E-state index in [4.69, 9.17) is 9.47 Å². The molecule has 0 N–H and O–H groups in total. The van der Waals surface area contributed by atoms with Gasteiger partial charge in [0.25, 0.3) is 0 Å². The van der Waals surface area contributed by atoms with E-state index >= 15 is 0 Å². The number of rotatable bonds is 2. The Labute approximate surface area is 99.6 Å². The molecular weight excluding hydrogens is 200 g/mol. The van der Waals surface area contributed by atoms with Crippen molar-refractivity contribution in [2.24, 2.45) is 0 Å². The first kappa shape index (κ1) is 14.8. The molecular formula is C14H24O2. The number of hydrogen-bond acceptors (Lipinski definition) is 2. The second kappa shape index (κ2) is 5.78. The van der Waals surface area contributed by atoms with Gasteiger partial charge in [-0.15, -0.1) is 0 Å². The predicted octanol–water partition coefficient (Wildman–Crippen LogP) is 4.59. The fraction of sp³-hybridized carbons (Fsp3) is 0.571. The molecule has 92 valence electrons. The topological polar surface area (TPSA) is 18.5 Å². The minimum atomic E-state index is -0.141. The summed E-state index contributed by atoms with van der Waals surface area (Å²) in [5, 5.41) is 0. The zero-order valence-electron chi connectivity index (χ0n) is 8.91. The summed E-state index contributed by atoms with van der Waals surface area (Å²) in [7, 11) is 0. The number of ether oxygens (including phenoxy) is 2. The highest BCUT2D eigenvalue weighted by atomic mass is 16.7. The van der Waals surface area contributed by atoms with Crippen LogP contribution in [-0.2, 0) is 0 Å². The van der Waals surface area contributed by atoms with Crippen LogP contribution >= 0.6 is 0 Å². The Morgan fingerprint density at radius 1 is 1.19 bits per heavy atom. The van der Waals surface area contributed by atoms with Crippen molar-refractivity contribution in [3.8, 4) is 11.5 Å². The minimum Gasteiger partial charge on any atom is -0.451 e.